The molecule has 0 bridgehead atoms. The topological polar surface area (TPSA) is 58.6 Å². The Bertz CT molecular complexity index is 73.7. The van der Waals surface area contributed by atoms with E-state index in [1.807, 2.05) is 0 Å². The number of likely N-dealkylation sites (N-methyl/N-ethyl adjacent to an activating group) is 1. The van der Waals surface area contributed by atoms with Crippen LogP contribution in [0.15, 0.2) is 0 Å². The fraction of sp³-hybridized carbons (Fsp3) is 0.750. The minimum absolute atomic E-state index is 0.214. The maximum absolute atomic E-state index is 9.62. The van der Waals surface area contributed by atoms with E-state index >= 15 is 0 Å². The number of hydrogen-bond acceptors (Lipinski definition) is 3. The van der Waals surface area contributed by atoms with Crippen molar-refractivity contribution in [1.82, 2.24) is 5.32 Å². The van der Waals surface area contributed by atoms with Gasteiger partial charge in [0.15, 0.2) is 0 Å². The molecule has 0 amide bonds. The Morgan fingerprint density at radius 2 is 2.50 bits per heavy atom. The van der Waals surface area contributed by atoms with Crippen molar-refractivity contribution in [3.8, 4) is 0 Å². The molecule has 0 rings (SSSR count). The fourth-order valence-corrected chi connectivity index (χ4v) is 0.240. The van der Waals surface area contributed by atoms with Crippen LogP contribution in [0.1, 0.15) is 0 Å². The summed E-state index contributed by atoms with van der Waals surface area (Å²) in [6.07, 6.45) is -1.22. The molecule has 8 heavy (non-hydrogen) atoms. The van der Waals surface area contributed by atoms with Crippen molar-refractivity contribution in [3.05, 3.63) is 0 Å². The molecule has 0 saturated heterocycles. The molecular formula is C4H9NO3. The Kier molecular flexibility index (Phi) is 3.97. The van der Waals surface area contributed by atoms with Gasteiger partial charge in [-0.3, -0.25) is 0 Å². The highest BCUT2D eigenvalue weighted by molar-refractivity contribution is 5.56. The number of ether oxygens (including phenoxy) is 1. The zero-order valence-corrected chi connectivity index (χ0v) is 4.68. The first-order valence-corrected chi connectivity index (χ1v) is 2.27. The number of nitrogens with one attached hydrogen (secondary N) is 1. The summed E-state index contributed by atoms with van der Waals surface area (Å²) in [4.78, 5) is 9.62. The normalized spacial score (nSPS) is 8.62. The highest BCUT2D eigenvalue weighted by Crippen LogP contribution is 1.71. The average molecular weight is 119 g/mol. The molecule has 4 heteroatoms. The predicted molar refractivity (Wildman–Crippen MR) is 27.9 cm³/mol. The third kappa shape index (κ3) is 5.23. The summed E-state index contributed by atoms with van der Waals surface area (Å²) < 4.78 is 4.14. The Labute approximate surface area is 47.5 Å². The second kappa shape index (κ2) is 4.39. The molecule has 0 aromatic rings. The molecule has 0 atom stereocenters. The van der Waals surface area contributed by atoms with E-state index in [0.717, 1.165) is 0 Å². The number of hydrogen-bond donors (Lipinski definition) is 2. The van der Waals surface area contributed by atoms with Gasteiger partial charge in [0.2, 0.25) is 0 Å². The molecule has 0 aliphatic rings. The van der Waals surface area contributed by atoms with Crippen molar-refractivity contribution in [2.45, 2.75) is 0 Å². The highest BCUT2D eigenvalue weighted by atomic mass is 16.7. The van der Waals surface area contributed by atoms with Gasteiger partial charge in [-0.25, -0.2) is 4.79 Å². The zero-order valence-electron chi connectivity index (χ0n) is 4.68. The van der Waals surface area contributed by atoms with Crippen molar-refractivity contribution >= 4 is 6.16 Å². The van der Waals surface area contributed by atoms with Crippen molar-refractivity contribution in [3.63, 3.8) is 0 Å². The fourth-order valence-electron chi connectivity index (χ4n) is 0.240. The van der Waals surface area contributed by atoms with E-state index in [9.17, 15) is 4.79 Å². The van der Waals surface area contributed by atoms with E-state index in [4.69, 9.17) is 5.11 Å². The van der Waals surface area contributed by atoms with Crippen LogP contribution in [0.25, 0.3) is 0 Å². The lowest BCUT2D eigenvalue weighted by Gasteiger charge is -1.96. The van der Waals surface area contributed by atoms with Crippen molar-refractivity contribution in [1.29, 1.82) is 0 Å². The lowest BCUT2D eigenvalue weighted by Crippen LogP contribution is -2.16. The molecule has 2 N–H and O–H groups in total. The van der Waals surface area contributed by atoms with Gasteiger partial charge in [-0.15, -0.1) is 0 Å². The summed E-state index contributed by atoms with van der Waals surface area (Å²) in [5, 5.41) is 10.6. The molecule has 0 aromatic carbocycles. The molecule has 4 nitrogen and oxygen atoms in total. The van der Waals surface area contributed by atoms with Crippen LogP contribution < -0.4 is 5.32 Å². The molecule has 0 aliphatic heterocycles. The van der Waals surface area contributed by atoms with Crippen molar-refractivity contribution in [2.75, 3.05) is 20.2 Å². The van der Waals surface area contributed by atoms with Gasteiger partial charge >= 0.3 is 6.16 Å². The standard InChI is InChI=1S/C4H9NO3/c1-5-2-3-8-4(6)7/h5H,2-3H2,1H3,(H,6,7). The average Bonchev–Trinajstić information content (AvgIpc) is 1.66. The summed E-state index contributed by atoms with van der Waals surface area (Å²) in [6.45, 7) is 0.776. The van der Waals surface area contributed by atoms with Crippen molar-refractivity contribution in [2.24, 2.45) is 0 Å². The van der Waals surface area contributed by atoms with E-state index in [1.54, 1.807) is 7.05 Å². The molecule has 0 saturated carbocycles. The van der Waals surface area contributed by atoms with E-state index in [-0.39, 0.29) is 6.61 Å². The Balaban J connectivity index is 2.82. The van der Waals surface area contributed by atoms with Crippen LogP contribution in [0.4, 0.5) is 4.79 Å². The maximum Gasteiger partial charge on any atom is 0.505 e. The first-order valence-electron chi connectivity index (χ1n) is 2.27. The molecule has 0 unspecified atom stereocenters. The van der Waals surface area contributed by atoms with Crippen LogP contribution in [-0.2, 0) is 4.74 Å². The SMILES string of the molecule is CNCCOC(=O)O. The van der Waals surface area contributed by atoms with Crippen LogP contribution in [0.2, 0.25) is 0 Å². The summed E-state index contributed by atoms with van der Waals surface area (Å²) in [5.41, 5.74) is 0. The Morgan fingerprint density at radius 1 is 1.88 bits per heavy atom. The zero-order chi connectivity index (χ0) is 6.41. The summed E-state index contributed by atoms with van der Waals surface area (Å²) in [7, 11) is 1.73. The van der Waals surface area contributed by atoms with E-state index in [2.05, 4.69) is 10.1 Å². The van der Waals surface area contributed by atoms with Gasteiger partial charge in [0.05, 0.1) is 0 Å². The van der Waals surface area contributed by atoms with Gasteiger partial charge in [0.1, 0.15) is 6.61 Å². The van der Waals surface area contributed by atoms with E-state index < -0.39 is 6.16 Å². The molecule has 0 spiro atoms. The van der Waals surface area contributed by atoms with E-state index in [1.165, 1.54) is 0 Å². The lowest BCUT2D eigenvalue weighted by molar-refractivity contribution is 0.0929. The molecule has 0 fully saturated rings. The van der Waals surface area contributed by atoms with Crippen LogP contribution in [0.3, 0.4) is 0 Å². The van der Waals surface area contributed by atoms with Crippen molar-refractivity contribution < 1.29 is 14.6 Å². The summed E-state index contributed by atoms with van der Waals surface area (Å²) in [6, 6.07) is 0. The number of rotatable bonds is 3. The monoisotopic (exact) mass is 119 g/mol. The largest absolute Gasteiger partial charge is 0.505 e. The highest BCUT2D eigenvalue weighted by Gasteiger charge is 1.91. The minimum Gasteiger partial charge on any atom is -0.450 e. The first-order chi connectivity index (χ1) is 3.77. The first kappa shape index (κ1) is 7.23. The van der Waals surface area contributed by atoms with Crippen LogP contribution in [0.5, 0.6) is 0 Å². The van der Waals surface area contributed by atoms with Crippen LogP contribution in [-0.4, -0.2) is 31.5 Å². The third-order valence-electron chi connectivity index (χ3n) is 0.578. The summed E-state index contributed by atoms with van der Waals surface area (Å²) >= 11 is 0. The molecular weight excluding hydrogens is 110 g/mol. The maximum atomic E-state index is 9.62. The molecule has 0 heterocycles. The van der Waals surface area contributed by atoms with Crippen LogP contribution >= 0.6 is 0 Å². The molecule has 48 valence electrons. The van der Waals surface area contributed by atoms with Gasteiger partial charge in [0.25, 0.3) is 0 Å². The van der Waals surface area contributed by atoms with Gasteiger partial charge < -0.3 is 15.2 Å². The quantitative estimate of drug-likeness (QED) is 0.402. The lowest BCUT2D eigenvalue weighted by atomic mass is 10.7. The smallest absolute Gasteiger partial charge is 0.450 e. The number of carbonyl (C=O) groups is 1. The number of carboxylic acid groups (broad SMARTS) is 1. The Hall–Kier alpha value is -0.770. The van der Waals surface area contributed by atoms with E-state index in [0.29, 0.717) is 6.54 Å². The van der Waals surface area contributed by atoms with Gasteiger partial charge in [-0.05, 0) is 7.05 Å². The van der Waals surface area contributed by atoms with Gasteiger partial charge in [0, 0.05) is 6.54 Å². The summed E-state index contributed by atoms with van der Waals surface area (Å²) in [5.74, 6) is 0. The molecule has 0 radical (unpaired) electrons. The third-order valence-corrected chi connectivity index (χ3v) is 0.578. The van der Waals surface area contributed by atoms with Gasteiger partial charge in [-0.2, -0.15) is 0 Å². The molecule has 0 aromatic heterocycles. The second-order valence-corrected chi connectivity index (χ2v) is 1.22. The van der Waals surface area contributed by atoms with Gasteiger partial charge in [-0.1, -0.05) is 0 Å². The second-order valence-electron chi connectivity index (χ2n) is 1.22. The minimum atomic E-state index is -1.22. The van der Waals surface area contributed by atoms with Crippen LogP contribution in [0, 0.1) is 0 Å². The predicted octanol–water partition coefficient (Wildman–Crippen LogP) is -0.0996. The molecule has 0 aliphatic carbocycles. The Morgan fingerprint density at radius 3 is 2.88 bits per heavy atom.